The molecule has 1 amide bonds. The Balaban J connectivity index is 1.40. The predicted octanol–water partition coefficient (Wildman–Crippen LogP) is 7.45. The zero-order valence-electron chi connectivity index (χ0n) is 27.6. The third kappa shape index (κ3) is 4.11. The van der Waals surface area contributed by atoms with E-state index in [0.717, 1.165) is 57.1 Å². The standard InChI is InChI=1S/C35H53N3O4/c1-29(2,3)41-28(40)37-38-35-15-13-30(4,5)19-22(35)26-23(39)17-25-32(8)18-21-20-36-42-27(21)31(6,7)24(32)11-12-33(25,9)34(26,10)14-16-35/h17,20,22,24,26,38H,11-16,18-19H2,1-10H3,(H,37,40)/t22-,24-,26-,32-,33+,34+,35-/m0/s1. The lowest BCUT2D eigenvalue weighted by atomic mass is 9.35. The molecule has 1 aromatic heterocycles. The lowest BCUT2D eigenvalue weighted by molar-refractivity contribution is -0.162. The van der Waals surface area contributed by atoms with Gasteiger partial charge >= 0.3 is 6.09 Å². The lowest BCUT2D eigenvalue weighted by Crippen LogP contribution is -2.71. The maximum atomic E-state index is 14.7. The van der Waals surface area contributed by atoms with E-state index in [-0.39, 0.29) is 50.2 Å². The molecule has 232 valence electrons. The number of allylic oxidation sites excluding steroid dienone is 2. The van der Waals surface area contributed by atoms with Gasteiger partial charge in [-0.05, 0) is 112 Å². The lowest BCUT2D eigenvalue weighted by Gasteiger charge is -2.69. The Morgan fingerprint density at radius 2 is 1.71 bits per heavy atom. The number of fused-ring (bicyclic) bond motifs is 8. The highest BCUT2D eigenvalue weighted by molar-refractivity contribution is 5.95. The molecule has 0 saturated heterocycles. The van der Waals surface area contributed by atoms with Crippen molar-refractivity contribution >= 4 is 11.9 Å². The fraction of sp³-hybridized carbons (Fsp3) is 0.800. The number of nitrogens with zero attached hydrogens (tertiary/aromatic N) is 1. The van der Waals surface area contributed by atoms with Crippen molar-refractivity contribution in [3.05, 3.63) is 29.2 Å². The zero-order valence-corrected chi connectivity index (χ0v) is 27.6. The zero-order chi connectivity index (χ0) is 30.7. The molecule has 1 aromatic rings. The van der Waals surface area contributed by atoms with E-state index in [0.29, 0.717) is 5.92 Å². The summed E-state index contributed by atoms with van der Waals surface area (Å²) in [5.41, 5.74) is 7.67. The van der Waals surface area contributed by atoms with Gasteiger partial charge in [0.25, 0.3) is 0 Å². The first kappa shape index (κ1) is 29.9. The Labute approximate surface area is 252 Å². The minimum Gasteiger partial charge on any atom is -0.443 e. The van der Waals surface area contributed by atoms with Crippen molar-refractivity contribution in [2.24, 2.45) is 39.4 Å². The van der Waals surface area contributed by atoms with Gasteiger partial charge < -0.3 is 9.26 Å². The normalized spacial score (nSPS) is 41.7. The Kier molecular flexibility index (Phi) is 6.37. The van der Waals surface area contributed by atoms with Crippen LogP contribution in [0.5, 0.6) is 0 Å². The van der Waals surface area contributed by atoms with Gasteiger partial charge in [0.05, 0.1) is 6.20 Å². The molecule has 42 heavy (non-hydrogen) atoms. The number of hydrogen-bond donors (Lipinski definition) is 2. The van der Waals surface area contributed by atoms with Crippen LogP contribution in [0.25, 0.3) is 0 Å². The van der Waals surface area contributed by atoms with Crippen LogP contribution >= 0.6 is 0 Å². The highest BCUT2D eigenvalue weighted by atomic mass is 16.6. The Hall–Kier alpha value is -2.15. The molecule has 5 aliphatic carbocycles. The second-order valence-electron chi connectivity index (χ2n) is 17.7. The van der Waals surface area contributed by atoms with E-state index >= 15 is 0 Å². The molecule has 0 spiro atoms. The van der Waals surface area contributed by atoms with Crippen molar-refractivity contribution in [1.29, 1.82) is 0 Å². The van der Waals surface area contributed by atoms with Crippen LogP contribution in [-0.2, 0) is 21.4 Å². The molecule has 2 N–H and O–H groups in total. The minimum absolute atomic E-state index is 0.0894. The van der Waals surface area contributed by atoms with Crippen LogP contribution in [0, 0.1) is 39.4 Å². The van der Waals surface area contributed by atoms with Crippen LogP contribution in [0.3, 0.4) is 0 Å². The summed E-state index contributed by atoms with van der Waals surface area (Å²) >= 11 is 0. The molecule has 3 saturated carbocycles. The van der Waals surface area contributed by atoms with E-state index in [9.17, 15) is 9.59 Å². The molecule has 1 heterocycles. The smallest absolute Gasteiger partial charge is 0.422 e. The number of aromatic nitrogens is 1. The fourth-order valence-electron chi connectivity index (χ4n) is 11.0. The second-order valence-corrected chi connectivity index (χ2v) is 17.7. The maximum absolute atomic E-state index is 14.7. The van der Waals surface area contributed by atoms with Crippen molar-refractivity contribution in [1.82, 2.24) is 16.0 Å². The summed E-state index contributed by atoms with van der Waals surface area (Å²) in [6.07, 6.45) is 11.4. The monoisotopic (exact) mass is 579 g/mol. The quantitative estimate of drug-likeness (QED) is 0.354. The SMILES string of the molecule is CC1(C)CC[C@]2(NNC(=O)OC(C)(C)C)CC[C@]3(C)[C@H](C(=O)C=C4[C@@]5(C)Cc6cnoc6C(C)(C)[C@@H]5CC[C@]43C)[C@@H]2C1. The second kappa shape index (κ2) is 8.95. The van der Waals surface area contributed by atoms with Gasteiger partial charge in [0.2, 0.25) is 0 Å². The van der Waals surface area contributed by atoms with Crippen LogP contribution in [0.1, 0.15) is 126 Å². The average Bonchev–Trinajstić information content (AvgIpc) is 3.32. The summed E-state index contributed by atoms with van der Waals surface area (Å²) in [4.78, 5) is 27.4. The summed E-state index contributed by atoms with van der Waals surface area (Å²) < 4.78 is 11.4. The summed E-state index contributed by atoms with van der Waals surface area (Å²) in [6.45, 7) is 22.2. The molecule has 0 radical (unpaired) electrons. The molecular formula is C35H53N3O4. The van der Waals surface area contributed by atoms with Gasteiger partial charge in [0.1, 0.15) is 11.4 Å². The minimum atomic E-state index is -0.576. The van der Waals surface area contributed by atoms with Gasteiger partial charge in [-0.25, -0.2) is 10.2 Å². The topological polar surface area (TPSA) is 93.5 Å². The van der Waals surface area contributed by atoms with E-state index in [2.05, 4.69) is 70.6 Å². The number of carbonyl (C=O) groups excluding carboxylic acids is 2. The molecular weight excluding hydrogens is 526 g/mol. The third-order valence-electron chi connectivity index (χ3n) is 13.1. The van der Waals surface area contributed by atoms with Crippen molar-refractivity contribution in [3.63, 3.8) is 0 Å². The van der Waals surface area contributed by atoms with E-state index in [1.165, 1.54) is 11.1 Å². The molecule has 7 heteroatoms. The molecule has 6 rings (SSSR count). The van der Waals surface area contributed by atoms with Crippen molar-refractivity contribution in [2.75, 3.05) is 0 Å². The molecule has 5 aliphatic rings. The van der Waals surface area contributed by atoms with Crippen LogP contribution in [-0.4, -0.2) is 28.2 Å². The number of ether oxygens (including phenoxy) is 1. The number of amides is 1. The van der Waals surface area contributed by atoms with Crippen LogP contribution in [0.4, 0.5) is 4.79 Å². The maximum Gasteiger partial charge on any atom is 0.422 e. The van der Waals surface area contributed by atoms with Gasteiger partial charge in [-0.15, -0.1) is 0 Å². The van der Waals surface area contributed by atoms with Gasteiger partial charge in [0.15, 0.2) is 5.78 Å². The summed E-state index contributed by atoms with van der Waals surface area (Å²) in [7, 11) is 0. The number of nitrogens with one attached hydrogen (secondary N) is 2. The van der Waals surface area contributed by atoms with Crippen LogP contribution in [0.2, 0.25) is 0 Å². The first-order valence-corrected chi connectivity index (χ1v) is 16.2. The van der Waals surface area contributed by atoms with Gasteiger partial charge in [-0.1, -0.05) is 59.2 Å². The Bertz CT molecular complexity index is 1340. The van der Waals surface area contributed by atoms with E-state index < -0.39 is 11.7 Å². The molecule has 0 aromatic carbocycles. The first-order valence-electron chi connectivity index (χ1n) is 16.2. The van der Waals surface area contributed by atoms with Crippen LogP contribution in [0.15, 0.2) is 22.4 Å². The number of rotatable bonds is 2. The molecule has 0 unspecified atom stereocenters. The number of carbonyl (C=O) groups is 2. The van der Waals surface area contributed by atoms with Crippen LogP contribution < -0.4 is 10.9 Å². The first-order chi connectivity index (χ1) is 19.3. The Morgan fingerprint density at radius 1 is 1.02 bits per heavy atom. The van der Waals surface area contributed by atoms with E-state index in [1.807, 2.05) is 27.0 Å². The Morgan fingerprint density at radius 3 is 2.40 bits per heavy atom. The van der Waals surface area contributed by atoms with E-state index in [1.54, 1.807) is 0 Å². The van der Waals surface area contributed by atoms with Crippen molar-refractivity contribution in [3.8, 4) is 0 Å². The average molecular weight is 580 g/mol. The number of hydrazine groups is 1. The predicted molar refractivity (Wildman–Crippen MR) is 162 cm³/mol. The van der Waals surface area contributed by atoms with Gasteiger partial charge in [0, 0.05) is 22.4 Å². The highest BCUT2D eigenvalue weighted by Crippen LogP contribution is 2.73. The molecule has 7 nitrogen and oxygen atoms in total. The summed E-state index contributed by atoms with van der Waals surface area (Å²) in [5, 5.41) is 4.21. The molecule has 7 atom stereocenters. The molecule has 0 aliphatic heterocycles. The summed E-state index contributed by atoms with van der Waals surface area (Å²) in [5.74, 6) is 1.71. The van der Waals surface area contributed by atoms with Crippen molar-refractivity contribution < 1.29 is 18.8 Å². The molecule has 3 fully saturated rings. The summed E-state index contributed by atoms with van der Waals surface area (Å²) in [6, 6.07) is 0. The molecule has 0 bridgehead atoms. The highest BCUT2D eigenvalue weighted by Gasteiger charge is 2.70. The largest absolute Gasteiger partial charge is 0.443 e. The van der Waals surface area contributed by atoms with E-state index in [4.69, 9.17) is 9.26 Å². The van der Waals surface area contributed by atoms with Crippen molar-refractivity contribution in [2.45, 2.75) is 137 Å². The number of ketones is 1. The third-order valence-corrected chi connectivity index (χ3v) is 13.1. The van der Waals surface area contributed by atoms with Gasteiger partial charge in [-0.3, -0.25) is 10.2 Å². The van der Waals surface area contributed by atoms with Gasteiger partial charge in [-0.2, -0.15) is 0 Å². The fourth-order valence-corrected chi connectivity index (χ4v) is 11.0. The number of hydrogen-bond acceptors (Lipinski definition) is 6.